The molecule has 1 rings (SSSR count). The zero-order valence-electron chi connectivity index (χ0n) is 9.89. The summed E-state index contributed by atoms with van der Waals surface area (Å²) in [6.07, 6.45) is 4.28. The van der Waals surface area contributed by atoms with Crippen LogP contribution >= 0.6 is 0 Å². The highest BCUT2D eigenvalue weighted by atomic mass is 16.5. The Morgan fingerprint density at radius 2 is 2.19 bits per heavy atom. The van der Waals surface area contributed by atoms with E-state index in [1.165, 1.54) is 0 Å². The van der Waals surface area contributed by atoms with Crippen molar-refractivity contribution in [2.24, 2.45) is 11.8 Å². The van der Waals surface area contributed by atoms with Gasteiger partial charge >= 0.3 is 5.97 Å². The van der Waals surface area contributed by atoms with Crippen LogP contribution in [0.4, 0.5) is 0 Å². The molecule has 4 heteroatoms. The zero-order valence-corrected chi connectivity index (χ0v) is 9.89. The van der Waals surface area contributed by atoms with Gasteiger partial charge in [0, 0.05) is 5.92 Å². The molecule has 0 saturated carbocycles. The molecule has 1 fully saturated rings. The van der Waals surface area contributed by atoms with E-state index in [0.29, 0.717) is 6.42 Å². The van der Waals surface area contributed by atoms with Gasteiger partial charge in [-0.15, -0.1) is 0 Å². The molecule has 0 spiro atoms. The molecule has 0 aromatic heterocycles. The largest absolute Gasteiger partial charge is 0.465 e. The summed E-state index contributed by atoms with van der Waals surface area (Å²) in [5, 5.41) is 19.0. The molecule has 1 saturated heterocycles. The Hall–Kier alpha value is -0.610. The number of ether oxygens (including phenoxy) is 1. The Balaban J connectivity index is 2.33. The molecule has 1 heterocycles. The van der Waals surface area contributed by atoms with Crippen LogP contribution in [0.3, 0.4) is 0 Å². The summed E-state index contributed by atoms with van der Waals surface area (Å²) in [5.74, 6) is -1.11. The molecule has 2 N–H and O–H groups in total. The number of rotatable bonds is 7. The van der Waals surface area contributed by atoms with Crippen LogP contribution in [-0.2, 0) is 9.53 Å². The minimum atomic E-state index is -0.663. The molecular weight excluding hydrogens is 208 g/mol. The van der Waals surface area contributed by atoms with Gasteiger partial charge in [0.1, 0.15) is 0 Å². The van der Waals surface area contributed by atoms with Crippen LogP contribution in [-0.4, -0.2) is 35.5 Å². The van der Waals surface area contributed by atoms with Crippen molar-refractivity contribution >= 4 is 5.97 Å². The van der Waals surface area contributed by atoms with Gasteiger partial charge in [-0.1, -0.05) is 32.6 Å². The van der Waals surface area contributed by atoms with Gasteiger partial charge in [-0.25, -0.2) is 0 Å². The number of esters is 1. The van der Waals surface area contributed by atoms with Crippen LogP contribution in [0.25, 0.3) is 0 Å². The van der Waals surface area contributed by atoms with Gasteiger partial charge in [-0.05, 0) is 6.42 Å². The fourth-order valence-corrected chi connectivity index (χ4v) is 2.18. The maximum atomic E-state index is 11.4. The lowest BCUT2D eigenvalue weighted by atomic mass is 9.88. The van der Waals surface area contributed by atoms with Crippen molar-refractivity contribution in [1.29, 1.82) is 0 Å². The van der Waals surface area contributed by atoms with Crippen LogP contribution in [0.1, 0.15) is 39.0 Å². The third kappa shape index (κ3) is 3.46. The zero-order chi connectivity index (χ0) is 12.0. The van der Waals surface area contributed by atoms with Gasteiger partial charge < -0.3 is 14.9 Å². The molecule has 16 heavy (non-hydrogen) atoms. The molecule has 0 radical (unpaired) electrons. The first-order chi connectivity index (χ1) is 7.70. The summed E-state index contributed by atoms with van der Waals surface area (Å²) in [7, 11) is 0. The molecule has 3 atom stereocenters. The smallest absolute Gasteiger partial charge is 0.312 e. The number of unbranched alkanes of at least 4 members (excludes halogenated alkanes) is 3. The van der Waals surface area contributed by atoms with Gasteiger partial charge in [0.2, 0.25) is 0 Å². The van der Waals surface area contributed by atoms with Gasteiger partial charge in [0.25, 0.3) is 0 Å². The normalized spacial score (nSPS) is 26.8. The van der Waals surface area contributed by atoms with Crippen LogP contribution in [0.5, 0.6) is 0 Å². The quantitative estimate of drug-likeness (QED) is 0.507. The van der Waals surface area contributed by atoms with Crippen molar-refractivity contribution in [2.45, 2.75) is 45.1 Å². The average Bonchev–Trinajstić information content (AvgIpc) is 2.65. The van der Waals surface area contributed by atoms with Crippen molar-refractivity contribution in [3.05, 3.63) is 0 Å². The predicted octanol–water partition coefficient (Wildman–Crippen LogP) is 1.10. The molecule has 0 bridgehead atoms. The molecule has 0 aliphatic carbocycles. The SMILES string of the molecule is CCCCCC[C@@H](O)[C@@H]1C(=O)OC[C@H]1CO. The van der Waals surface area contributed by atoms with Gasteiger partial charge in [0.15, 0.2) is 0 Å². The molecule has 0 aromatic carbocycles. The second kappa shape index (κ2) is 6.86. The van der Waals surface area contributed by atoms with Gasteiger partial charge in [-0.2, -0.15) is 0 Å². The minimum absolute atomic E-state index is 0.0948. The van der Waals surface area contributed by atoms with E-state index in [-0.39, 0.29) is 25.1 Å². The number of aliphatic hydroxyl groups is 2. The van der Waals surface area contributed by atoms with E-state index in [9.17, 15) is 9.90 Å². The Kier molecular flexibility index (Phi) is 5.77. The van der Waals surface area contributed by atoms with E-state index in [0.717, 1.165) is 25.7 Å². The lowest BCUT2D eigenvalue weighted by Crippen LogP contribution is -2.31. The van der Waals surface area contributed by atoms with Crippen LogP contribution in [0.15, 0.2) is 0 Å². The summed E-state index contributed by atoms with van der Waals surface area (Å²) in [5.41, 5.74) is 0. The van der Waals surface area contributed by atoms with Crippen molar-refractivity contribution in [3.8, 4) is 0 Å². The molecule has 4 nitrogen and oxygen atoms in total. The molecular formula is C12H22O4. The number of carbonyl (C=O) groups excluding carboxylic acids is 1. The van der Waals surface area contributed by atoms with E-state index >= 15 is 0 Å². The van der Waals surface area contributed by atoms with E-state index in [1.54, 1.807) is 0 Å². The van der Waals surface area contributed by atoms with Crippen LogP contribution in [0.2, 0.25) is 0 Å². The van der Waals surface area contributed by atoms with Gasteiger partial charge in [0.05, 0.1) is 25.2 Å². The van der Waals surface area contributed by atoms with E-state index in [1.807, 2.05) is 0 Å². The van der Waals surface area contributed by atoms with Gasteiger partial charge in [-0.3, -0.25) is 4.79 Å². The maximum Gasteiger partial charge on any atom is 0.312 e. The summed E-state index contributed by atoms with van der Waals surface area (Å²) < 4.78 is 4.86. The van der Waals surface area contributed by atoms with E-state index in [2.05, 4.69) is 6.92 Å². The third-order valence-electron chi connectivity index (χ3n) is 3.22. The molecule has 1 aliphatic heterocycles. The van der Waals surface area contributed by atoms with E-state index < -0.39 is 12.0 Å². The Morgan fingerprint density at radius 3 is 2.81 bits per heavy atom. The molecule has 0 unspecified atom stereocenters. The van der Waals surface area contributed by atoms with E-state index in [4.69, 9.17) is 9.84 Å². The van der Waals surface area contributed by atoms with Crippen molar-refractivity contribution in [2.75, 3.05) is 13.2 Å². The Morgan fingerprint density at radius 1 is 1.44 bits per heavy atom. The number of aliphatic hydroxyl groups excluding tert-OH is 2. The predicted molar refractivity (Wildman–Crippen MR) is 59.8 cm³/mol. The highest BCUT2D eigenvalue weighted by Crippen LogP contribution is 2.27. The second-order valence-electron chi connectivity index (χ2n) is 4.52. The average molecular weight is 230 g/mol. The number of hydrogen-bond donors (Lipinski definition) is 2. The molecule has 94 valence electrons. The fourth-order valence-electron chi connectivity index (χ4n) is 2.18. The topological polar surface area (TPSA) is 66.8 Å². The van der Waals surface area contributed by atoms with Crippen molar-refractivity contribution < 1.29 is 19.7 Å². The molecule has 0 aromatic rings. The summed E-state index contributed by atoms with van der Waals surface area (Å²) in [6.45, 7) is 2.28. The Labute approximate surface area is 96.6 Å². The first-order valence-electron chi connectivity index (χ1n) is 6.16. The van der Waals surface area contributed by atoms with Crippen molar-refractivity contribution in [3.63, 3.8) is 0 Å². The molecule has 0 amide bonds. The fraction of sp³-hybridized carbons (Fsp3) is 0.917. The Bertz CT molecular complexity index is 217. The lowest BCUT2D eigenvalue weighted by Gasteiger charge is -2.19. The highest BCUT2D eigenvalue weighted by Gasteiger charge is 2.40. The highest BCUT2D eigenvalue weighted by molar-refractivity contribution is 5.75. The standard InChI is InChI=1S/C12H22O4/c1-2-3-4-5-6-10(14)11-9(7-13)8-16-12(11)15/h9-11,13-14H,2-8H2,1H3/t9-,10-,11-/m1/s1. The van der Waals surface area contributed by atoms with Crippen LogP contribution in [0, 0.1) is 11.8 Å². The van der Waals surface area contributed by atoms with Crippen LogP contribution < -0.4 is 0 Å². The number of hydrogen-bond acceptors (Lipinski definition) is 4. The summed E-state index contributed by atoms with van der Waals surface area (Å²) in [6, 6.07) is 0. The number of carbonyl (C=O) groups is 1. The summed E-state index contributed by atoms with van der Waals surface area (Å²) in [4.78, 5) is 11.4. The minimum Gasteiger partial charge on any atom is -0.465 e. The third-order valence-corrected chi connectivity index (χ3v) is 3.22. The first kappa shape index (κ1) is 13.5. The summed E-state index contributed by atoms with van der Waals surface area (Å²) >= 11 is 0. The lowest BCUT2D eigenvalue weighted by molar-refractivity contribution is -0.144. The van der Waals surface area contributed by atoms with Crippen molar-refractivity contribution in [1.82, 2.24) is 0 Å². The maximum absolute atomic E-state index is 11.4. The first-order valence-corrected chi connectivity index (χ1v) is 6.16. The second-order valence-corrected chi connectivity index (χ2v) is 4.52. The monoisotopic (exact) mass is 230 g/mol. The molecule has 1 aliphatic rings. The number of cyclic esters (lactones) is 1.